The summed E-state index contributed by atoms with van der Waals surface area (Å²) in [5.74, 6) is -0.372. The summed E-state index contributed by atoms with van der Waals surface area (Å²) in [5.41, 5.74) is 2.91. The number of pyridine rings is 1. The van der Waals surface area contributed by atoms with E-state index >= 15 is 0 Å². The van der Waals surface area contributed by atoms with Crippen molar-refractivity contribution in [2.75, 3.05) is 0 Å². The van der Waals surface area contributed by atoms with Crippen molar-refractivity contribution >= 4 is 34.0 Å². The number of para-hydroxylation sites is 1. The van der Waals surface area contributed by atoms with Crippen molar-refractivity contribution in [2.24, 2.45) is 10.1 Å². The lowest BCUT2D eigenvalue weighted by Gasteiger charge is -2.07. The van der Waals surface area contributed by atoms with Crippen LogP contribution in [0.3, 0.4) is 0 Å². The van der Waals surface area contributed by atoms with Gasteiger partial charge in [0.2, 0.25) is 4.80 Å². The second kappa shape index (κ2) is 8.45. The van der Waals surface area contributed by atoms with E-state index in [-0.39, 0.29) is 11.5 Å². The van der Waals surface area contributed by atoms with Crippen LogP contribution in [-0.2, 0) is 0 Å². The Morgan fingerprint density at radius 1 is 0.871 bits per heavy atom. The summed E-state index contributed by atoms with van der Waals surface area (Å²) >= 11 is 1.41. The molecule has 5 aromatic rings. The van der Waals surface area contributed by atoms with E-state index in [0.717, 1.165) is 27.7 Å². The van der Waals surface area contributed by atoms with Crippen LogP contribution in [-0.4, -0.2) is 15.9 Å². The lowest BCUT2D eigenvalue weighted by atomic mass is 10.0. The maximum Gasteiger partial charge on any atom is 0.211 e. The molecule has 0 bridgehead atoms. The maximum absolute atomic E-state index is 14.2. The Morgan fingerprint density at radius 2 is 1.68 bits per heavy atom. The van der Waals surface area contributed by atoms with Crippen LogP contribution >= 0.6 is 11.3 Å². The van der Waals surface area contributed by atoms with Gasteiger partial charge in [0.05, 0.1) is 17.6 Å². The summed E-state index contributed by atoms with van der Waals surface area (Å²) in [7, 11) is 0. The summed E-state index contributed by atoms with van der Waals surface area (Å²) in [6.45, 7) is 0. The highest BCUT2D eigenvalue weighted by atomic mass is 32.1. The van der Waals surface area contributed by atoms with E-state index in [0.29, 0.717) is 4.80 Å². The zero-order chi connectivity index (χ0) is 21.0. The van der Waals surface area contributed by atoms with Crippen molar-refractivity contribution in [3.8, 4) is 11.3 Å². The van der Waals surface area contributed by atoms with Crippen LogP contribution in [0.15, 0.2) is 107 Å². The molecule has 3 aromatic carbocycles. The molecule has 150 valence electrons. The molecule has 31 heavy (non-hydrogen) atoms. The van der Waals surface area contributed by atoms with Crippen LogP contribution in [0, 0.1) is 5.82 Å². The number of rotatable bonds is 4. The highest BCUT2D eigenvalue weighted by Crippen LogP contribution is 2.29. The average molecular weight is 425 g/mol. The minimum Gasteiger partial charge on any atom is -0.255 e. The smallest absolute Gasteiger partial charge is 0.211 e. The van der Waals surface area contributed by atoms with E-state index in [2.05, 4.69) is 39.3 Å². The first-order valence-electron chi connectivity index (χ1n) is 9.73. The zero-order valence-corrected chi connectivity index (χ0v) is 17.2. The first-order chi connectivity index (χ1) is 15.3. The predicted octanol–water partition coefficient (Wildman–Crippen LogP) is 6.02. The zero-order valence-electron chi connectivity index (χ0n) is 16.4. The number of fused-ring (bicyclic) bond motifs is 1. The van der Waals surface area contributed by atoms with Gasteiger partial charge >= 0.3 is 0 Å². The van der Waals surface area contributed by atoms with Crippen LogP contribution in [0.4, 0.5) is 10.1 Å². The Kier molecular flexibility index (Phi) is 5.21. The molecule has 0 saturated carbocycles. The normalized spacial score (nSPS) is 12.1. The van der Waals surface area contributed by atoms with Gasteiger partial charge in [0.15, 0.2) is 0 Å². The second-order valence-corrected chi connectivity index (χ2v) is 7.64. The van der Waals surface area contributed by atoms with E-state index in [1.165, 1.54) is 17.4 Å². The molecule has 4 nitrogen and oxygen atoms in total. The molecule has 0 N–H and O–H groups in total. The summed E-state index contributed by atoms with van der Waals surface area (Å²) in [5, 5.41) is 8.92. The number of benzene rings is 3. The van der Waals surface area contributed by atoms with E-state index < -0.39 is 0 Å². The number of nitrogens with zero attached hydrogens (tertiary/aromatic N) is 4. The lowest BCUT2D eigenvalue weighted by molar-refractivity contribution is 0.628. The van der Waals surface area contributed by atoms with Crippen LogP contribution in [0.25, 0.3) is 22.0 Å². The number of thiazole rings is 1. The van der Waals surface area contributed by atoms with Crippen molar-refractivity contribution < 1.29 is 4.39 Å². The predicted molar refractivity (Wildman–Crippen MR) is 124 cm³/mol. The number of aromatic nitrogens is 2. The molecule has 6 heteroatoms. The first-order valence-corrected chi connectivity index (χ1v) is 10.6. The molecule has 0 aliphatic carbocycles. The fourth-order valence-corrected chi connectivity index (χ4v) is 4.18. The van der Waals surface area contributed by atoms with Crippen LogP contribution < -0.4 is 4.80 Å². The van der Waals surface area contributed by atoms with Gasteiger partial charge in [0.1, 0.15) is 11.5 Å². The maximum atomic E-state index is 14.2. The fourth-order valence-electron chi connectivity index (χ4n) is 3.34. The van der Waals surface area contributed by atoms with E-state index in [4.69, 9.17) is 0 Å². The molecule has 0 spiro atoms. The monoisotopic (exact) mass is 424 g/mol. The first kappa shape index (κ1) is 19.1. The molecule has 0 saturated heterocycles. The average Bonchev–Trinajstić information content (AvgIpc) is 3.21. The van der Waals surface area contributed by atoms with Gasteiger partial charge in [-0.05, 0) is 35.0 Å². The van der Waals surface area contributed by atoms with Crippen LogP contribution in [0.2, 0.25) is 0 Å². The fraction of sp³-hybridized carbons (Fsp3) is 0. The van der Waals surface area contributed by atoms with E-state index in [9.17, 15) is 4.39 Å². The van der Waals surface area contributed by atoms with Crippen molar-refractivity contribution in [3.05, 3.63) is 113 Å². The third kappa shape index (κ3) is 3.93. The molecule has 0 atom stereocenters. The Bertz CT molecular complexity index is 1450. The van der Waals surface area contributed by atoms with Crippen LogP contribution in [0.1, 0.15) is 5.69 Å². The Morgan fingerprint density at radius 3 is 2.55 bits per heavy atom. The highest BCUT2D eigenvalue weighted by Gasteiger charge is 2.11. The van der Waals surface area contributed by atoms with Gasteiger partial charge in [-0.3, -0.25) is 4.98 Å². The molecule has 0 unspecified atom stereocenters. The Balaban J connectivity index is 1.73. The van der Waals surface area contributed by atoms with Gasteiger partial charge in [0, 0.05) is 17.1 Å². The lowest BCUT2D eigenvalue weighted by Crippen LogP contribution is -2.12. The van der Waals surface area contributed by atoms with Crippen molar-refractivity contribution in [3.63, 3.8) is 0 Å². The van der Waals surface area contributed by atoms with E-state index in [1.807, 2.05) is 41.8 Å². The standard InChI is InChI=1S/C25H17FN4S/c26-22-13-3-4-14-23(22)29-25-30(28-16-19-10-5-6-15-27-19)24(17-31-25)21-12-7-9-18-8-1-2-11-20(18)21/h1-17H. The van der Waals surface area contributed by atoms with Crippen molar-refractivity contribution in [1.29, 1.82) is 0 Å². The topological polar surface area (TPSA) is 42.5 Å². The third-order valence-electron chi connectivity index (χ3n) is 4.81. The summed E-state index contributed by atoms with van der Waals surface area (Å²) in [6, 6.07) is 26.5. The largest absolute Gasteiger partial charge is 0.255 e. The number of halogens is 1. The van der Waals surface area contributed by atoms with Crippen molar-refractivity contribution in [2.45, 2.75) is 0 Å². The highest BCUT2D eigenvalue weighted by molar-refractivity contribution is 7.07. The number of hydrogen-bond acceptors (Lipinski definition) is 4. The molecule has 0 aliphatic rings. The minimum atomic E-state index is -0.372. The molecule has 0 fully saturated rings. The Labute approximate surface area is 182 Å². The SMILES string of the molecule is Fc1ccccc1N=c1scc(-c2cccc3ccccc23)n1N=Cc1ccccn1. The molecule has 0 radical (unpaired) electrons. The number of hydrogen-bond donors (Lipinski definition) is 0. The molecule has 2 aromatic heterocycles. The van der Waals surface area contributed by atoms with E-state index in [1.54, 1.807) is 35.3 Å². The van der Waals surface area contributed by atoms with Gasteiger partial charge < -0.3 is 0 Å². The molecular formula is C25H17FN4S. The molecule has 0 aliphatic heterocycles. The van der Waals surface area contributed by atoms with Crippen LogP contribution in [0.5, 0.6) is 0 Å². The summed E-state index contributed by atoms with van der Waals surface area (Å²) in [4.78, 5) is 9.43. The molecule has 5 rings (SSSR count). The quantitative estimate of drug-likeness (QED) is 0.325. The van der Waals surface area contributed by atoms with Gasteiger partial charge in [-0.1, -0.05) is 60.7 Å². The summed E-state index contributed by atoms with van der Waals surface area (Å²) < 4.78 is 16.0. The molecular weight excluding hydrogens is 407 g/mol. The minimum absolute atomic E-state index is 0.274. The van der Waals surface area contributed by atoms with Gasteiger partial charge in [-0.25, -0.2) is 14.1 Å². The second-order valence-electron chi connectivity index (χ2n) is 6.80. The third-order valence-corrected chi connectivity index (χ3v) is 5.63. The molecule has 0 amide bonds. The molecule has 2 heterocycles. The van der Waals surface area contributed by atoms with Gasteiger partial charge in [0.25, 0.3) is 0 Å². The Hall–Kier alpha value is -3.90. The van der Waals surface area contributed by atoms with Crippen molar-refractivity contribution in [1.82, 2.24) is 9.66 Å². The van der Waals surface area contributed by atoms with Gasteiger partial charge in [-0.2, -0.15) is 5.10 Å². The summed E-state index contributed by atoms with van der Waals surface area (Å²) in [6.07, 6.45) is 3.40. The van der Waals surface area contributed by atoms with Gasteiger partial charge in [-0.15, -0.1) is 11.3 Å².